The SMILES string of the molecule is C=C1NC(=O)NC1=N. The maximum atomic E-state index is 10.2. The van der Waals surface area contributed by atoms with Gasteiger partial charge in [-0.25, -0.2) is 4.79 Å². The second kappa shape index (κ2) is 1.33. The van der Waals surface area contributed by atoms with E-state index in [9.17, 15) is 4.79 Å². The van der Waals surface area contributed by atoms with Gasteiger partial charge in [-0.05, 0) is 0 Å². The molecule has 1 fully saturated rings. The lowest BCUT2D eigenvalue weighted by Gasteiger charge is -1.84. The fourth-order valence-electron chi connectivity index (χ4n) is 0.420. The van der Waals surface area contributed by atoms with Crippen molar-refractivity contribution in [2.75, 3.05) is 0 Å². The minimum Gasteiger partial charge on any atom is -0.305 e. The molecule has 1 saturated heterocycles. The molecule has 0 spiro atoms. The third kappa shape index (κ3) is 0.556. The Bertz CT molecular complexity index is 154. The van der Waals surface area contributed by atoms with E-state index in [-0.39, 0.29) is 11.9 Å². The Morgan fingerprint density at radius 3 is 2.25 bits per heavy atom. The van der Waals surface area contributed by atoms with E-state index < -0.39 is 0 Å². The molecule has 0 aliphatic carbocycles. The van der Waals surface area contributed by atoms with Gasteiger partial charge in [-0.1, -0.05) is 6.58 Å². The van der Waals surface area contributed by atoms with Crippen molar-refractivity contribution in [3.05, 3.63) is 12.3 Å². The number of carbonyl (C=O) groups excluding carboxylic acids is 1. The maximum absolute atomic E-state index is 10.2. The molecule has 4 heteroatoms. The molecule has 1 aliphatic heterocycles. The highest BCUT2D eigenvalue weighted by atomic mass is 16.2. The van der Waals surface area contributed by atoms with Gasteiger partial charge in [0.2, 0.25) is 0 Å². The van der Waals surface area contributed by atoms with Crippen molar-refractivity contribution in [3.63, 3.8) is 0 Å². The van der Waals surface area contributed by atoms with Gasteiger partial charge in [0.25, 0.3) is 0 Å². The van der Waals surface area contributed by atoms with Crippen LogP contribution in [0.4, 0.5) is 4.79 Å². The molecule has 0 saturated carbocycles. The number of amidine groups is 1. The van der Waals surface area contributed by atoms with Crippen molar-refractivity contribution in [3.8, 4) is 0 Å². The summed E-state index contributed by atoms with van der Waals surface area (Å²) in [5, 5.41) is 11.4. The number of hydrogen-bond donors (Lipinski definition) is 3. The highest BCUT2D eigenvalue weighted by Crippen LogP contribution is 1.90. The second-order valence-corrected chi connectivity index (χ2v) is 1.43. The topological polar surface area (TPSA) is 65.0 Å². The smallest absolute Gasteiger partial charge is 0.305 e. The van der Waals surface area contributed by atoms with E-state index in [4.69, 9.17) is 5.41 Å². The number of hydrogen-bond acceptors (Lipinski definition) is 2. The van der Waals surface area contributed by atoms with Gasteiger partial charge in [0.1, 0.15) is 5.84 Å². The van der Waals surface area contributed by atoms with Crippen molar-refractivity contribution in [2.24, 2.45) is 0 Å². The maximum Gasteiger partial charge on any atom is 0.324 e. The highest BCUT2D eigenvalue weighted by molar-refractivity contribution is 6.12. The predicted octanol–water partition coefficient (Wildman–Crippen LogP) is -0.210. The van der Waals surface area contributed by atoms with Crippen LogP contribution < -0.4 is 10.6 Å². The summed E-state index contributed by atoms with van der Waals surface area (Å²) in [4.78, 5) is 10.2. The lowest BCUT2D eigenvalue weighted by Crippen LogP contribution is -2.21. The van der Waals surface area contributed by atoms with Crippen molar-refractivity contribution in [1.82, 2.24) is 10.6 Å². The van der Waals surface area contributed by atoms with E-state index in [1.807, 2.05) is 0 Å². The van der Waals surface area contributed by atoms with Gasteiger partial charge < -0.3 is 5.32 Å². The van der Waals surface area contributed by atoms with Crippen LogP contribution >= 0.6 is 0 Å². The zero-order chi connectivity index (χ0) is 6.15. The molecule has 8 heavy (non-hydrogen) atoms. The molecule has 2 amide bonds. The minimum absolute atomic E-state index is 0.0509. The summed E-state index contributed by atoms with van der Waals surface area (Å²) >= 11 is 0. The summed E-state index contributed by atoms with van der Waals surface area (Å²) in [5.41, 5.74) is 0.329. The number of rotatable bonds is 0. The number of urea groups is 1. The Labute approximate surface area is 46.1 Å². The number of carbonyl (C=O) groups is 1. The summed E-state index contributed by atoms with van der Waals surface area (Å²) < 4.78 is 0. The van der Waals surface area contributed by atoms with Crippen molar-refractivity contribution < 1.29 is 4.79 Å². The molecule has 1 aliphatic rings. The van der Waals surface area contributed by atoms with Crippen molar-refractivity contribution >= 4 is 11.9 Å². The lowest BCUT2D eigenvalue weighted by atomic mass is 10.5. The van der Waals surface area contributed by atoms with E-state index in [1.54, 1.807) is 0 Å². The molecular formula is C4H5N3O. The summed E-state index contributed by atoms with van der Waals surface area (Å²) in [6, 6.07) is -0.375. The molecular weight excluding hydrogens is 106 g/mol. The summed E-state index contributed by atoms with van der Waals surface area (Å²) in [7, 11) is 0. The van der Waals surface area contributed by atoms with Crippen LogP contribution in [-0.4, -0.2) is 11.9 Å². The van der Waals surface area contributed by atoms with Crippen LogP contribution in [-0.2, 0) is 0 Å². The van der Waals surface area contributed by atoms with Gasteiger partial charge in [-0.15, -0.1) is 0 Å². The van der Waals surface area contributed by atoms with Crippen molar-refractivity contribution in [2.45, 2.75) is 0 Å². The Morgan fingerprint density at radius 2 is 2.12 bits per heavy atom. The average molecular weight is 111 g/mol. The monoisotopic (exact) mass is 111 g/mol. The summed E-state index contributed by atoms with van der Waals surface area (Å²) in [5.74, 6) is 0.0509. The Balaban J connectivity index is 2.79. The third-order valence-corrected chi connectivity index (χ3v) is 0.805. The van der Waals surface area contributed by atoms with E-state index in [1.165, 1.54) is 0 Å². The predicted molar refractivity (Wildman–Crippen MR) is 28.5 cm³/mol. The number of nitrogens with one attached hydrogen (secondary N) is 3. The first-order valence-corrected chi connectivity index (χ1v) is 2.06. The Morgan fingerprint density at radius 1 is 1.50 bits per heavy atom. The van der Waals surface area contributed by atoms with Gasteiger partial charge >= 0.3 is 6.03 Å². The van der Waals surface area contributed by atoms with Gasteiger partial charge in [-0.2, -0.15) is 0 Å². The average Bonchev–Trinajstić information content (AvgIpc) is 1.85. The Hall–Kier alpha value is -1.32. The molecule has 3 N–H and O–H groups in total. The zero-order valence-electron chi connectivity index (χ0n) is 4.12. The molecule has 0 aromatic rings. The number of amides is 2. The van der Waals surface area contributed by atoms with Crippen LogP contribution in [0.1, 0.15) is 0 Å². The van der Waals surface area contributed by atoms with E-state index in [0.717, 1.165) is 0 Å². The molecule has 0 aromatic heterocycles. The highest BCUT2D eigenvalue weighted by Gasteiger charge is 2.16. The quantitative estimate of drug-likeness (QED) is 0.398. The van der Waals surface area contributed by atoms with E-state index in [2.05, 4.69) is 17.2 Å². The van der Waals surface area contributed by atoms with E-state index >= 15 is 0 Å². The molecule has 0 unspecified atom stereocenters. The van der Waals surface area contributed by atoms with Crippen LogP contribution in [0.25, 0.3) is 0 Å². The fraction of sp³-hybridized carbons (Fsp3) is 0. The zero-order valence-corrected chi connectivity index (χ0v) is 4.12. The van der Waals surface area contributed by atoms with Crippen LogP contribution in [0.15, 0.2) is 12.3 Å². The summed E-state index contributed by atoms with van der Waals surface area (Å²) in [6.45, 7) is 3.37. The fourth-order valence-corrected chi connectivity index (χ4v) is 0.420. The van der Waals surface area contributed by atoms with Gasteiger partial charge in [0.05, 0.1) is 5.70 Å². The van der Waals surface area contributed by atoms with Gasteiger partial charge in [0, 0.05) is 0 Å². The van der Waals surface area contributed by atoms with E-state index in [0.29, 0.717) is 5.70 Å². The molecule has 4 nitrogen and oxygen atoms in total. The first kappa shape index (κ1) is 4.83. The largest absolute Gasteiger partial charge is 0.324 e. The normalized spacial score (nSPS) is 18.2. The molecule has 0 bridgehead atoms. The van der Waals surface area contributed by atoms with Crippen LogP contribution in [0, 0.1) is 5.41 Å². The van der Waals surface area contributed by atoms with Crippen LogP contribution in [0.2, 0.25) is 0 Å². The lowest BCUT2D eigenvalue weighted by molar-refractivity contribution is 0.250. The van der Waals surface area contributed by atoms with Crippen LogP contribution in [0.3, 0.4) is 0 Å². The molecule has 0 atom stereocenters. The summed E-state index contributed by atoms with van der Waals surface area (Å²) in [6.07, 6.45) is 0. The Kier molecular flexibility index (Phi) is 0.802. The minimum atomic E-state index is -0.375. The molecule has 1 rings (SSSR count). The first-order valence-electron chi connectivity index (χ1n) is 2.06. The second-order valence-electron chi connectivity index (χ2n) is 1.43. The molecule has 42 valence electrons. The molecule has 0 radical (unpaired) electrons. The molecule has 1 heterocycles. The third-order valence-electron chi connectivity index (χ3n) is 0.805. The standard InChI is InChI=1S/C4H5N3O/c1-2-3(5)7-4(8)6-2/h1H2,(H3,5,6,7,8). The molecule has 0 aromatic carbocycles. The van der Waals surface area contributed by atoms with Gasteiger partial charge in [0.15, 0.2) is 0 Å². The van der Waals surface area contributed by atoms with Crippen LogP contribution in [0.5, 0.6) is 0 Å². The first-order chi connectivity index (χ1) is 3.70. The van der Waals surface area contributed by atoms with Crippen molar-refractivity contribution in [1.29, 1.82) is 5.41 Å². The van der Waals surface area contributed by atoms with Gasteiger partial charge in [-0.3, -0.25) is 10.7 Å².